The van der Waals surface area contributed by atoms with Gasteiger partial charge < -0.3 is 20.3 Å². The smallest absolute Gasteiger partial charge is 0.308 e. The molecule has 1 heterocycles. The summed E-state index contributed by atoms with van der Waals surface area (Å²) < 4.78 is 10.3. The minimum atomic E-state index is -1.17. The summed E-state index contributed by atoms with van der Waals surface area (Å²) in [4.78, 5) is 40.1. The number of benzene rings is 2. The molecule has 9 heteroatoms. The van der Waals surface area contributed by atoms with Gasteiger partial charge in [0.25, 0.3) is 0 Å². The van der Waals surface area contributed by atoms with E-state index in [0.717, 1.165) is 11.1 Å². The quantitative estimate of drug-likeness (QED) is 0.475. The molecule has 160 valence electrons. The van der Waals surface area contributed by atoms with Gasteiger partial charge in [-0.2, -0.15) is 4.98 Å². The second-order valence-corrected chi connectivity index (χ2v) is 6.75. The zero-order chi connectivity index (χ0) is 22.1. The number of nitrogens with one attached hydrogen (secondary N) is 1. The number of aryl methyl sites for hydroxylation is 1. The lowest BCUT2D eigenvalue weighted by atomic mass is 10.1. The van der Waals surface area contributed by atoms with Gasteiger partial charge in [-0.25, -0.2) is 0 Å². The van der Waals surface area contributed by atoms with Crippen LogP contribution in [-0.4, -0.2) is 34.0 Å². The second-order valence-electron chi connectivity index (χ2n) is 6.75. The zero-order valence-electron chi connectivity index (χ0n) is 16.7. The number of hydrogen-bond donors (Lipinski definition) is 2. The Morgan fingerprint density at radius 1 is 1.03 bits per heavy atom. The highest BCUT2D eigenvalue weighted by Crippen LogP contribution is 2.15. The molecule has 2 aromatic carbocycles. The van der Waals surface area contributed by atoms with Gasteiger partial charge in [0.05, 0.1) is 6.42 Å². The van der Waals surface area contributed by atoms with Crippen LogP contribution in [0.2, 0.25) is 0 Å². The number of primary amides is 1. The highest BCUT2D eigenvalue weighted by molar-refractivity contribution is 5.90. The molecule has 3 rings (SSSR count). The topological polar surface area (TPSA) is 137 Å². The summed E-state index contributed by atoms with van der Waals surface area (Å²) in [7, 11) is 0. The normalized spacial score (nSPS) is 11.5. The number of nitrogens with zero attached hydrogens (tertiary/aromatic N) is 2. The van der Waals surface area contributed by atoms with Crippen LogP contribution in [0.3, 0.4) is 0 Å². The van der Waals surface area contributed by atoms with E-state index in [-0.39, 0.29) is 31.8 Å². The minimum absolute atomic E-state index is 0.0146. The van der Waals surface area contributed by atoms with Crippen LogP contribution in [0.25, 0.3) is 11.4 Å². The Morgan fingerprint density at radius 2 is 1.71 bits per heavy atom. The first-order valence-corrected chi connectivity index (χ1v) is 9.67. The van der Waals surface area contributed by atoms with Gasteiger partial charge in [-0.05, 0) is 5.56 Å². The molecule has 1 atom stereocenters. The van der Waals surface area contributed by atoms with Crippen LogP contribution in [0, 0.1) is 0 Å². The molecule has 0 radical (unpaired) electrons. The fraction of sp³-hybridized carbons (Fsp3) is 0.227. The first-order valence-electron chi connectivity index (χ1n) is 9.67. The molecule has 3 N–H and O–H groups in total. The van der Waals surface area contributed by atoms with Gasteiger partial charge in [-0.1, -0.05) is 65.8 Å². The fourth-order valence-electron chi connectivity index (χ4n) is 2.73. The average Bonchev–Trinajstić information content (AvgIpc) is 3.26. The van der Waals surface area contributed by atoms with E-state index in [1.54, 1.807) is 12.1 Å². The lowest BCUT2D eigenvalue weighted by Crippen LogP contribution is -2.46. The minimum Gasteiger partial charge on any atom is -0.461 e. The Bertz CT molecular complexity index is 1020. The molecule has 0 bridgehead atoms. The standard InChI is InChI=1S/C22H22N4O5/c23-21(29)17(13-20(28)30-14-15-7-3-1-4-8-15)24-18(27)11-12-19-25-22(26-31-19)16-9-5-2-6-10-16/h1-10,17H,11-14H2,(H2,23,29)(H,24,27)/t17-/m0/s1. The van der Waals surface area contributed by atoms with Crippen molar-refractivity contribution in [3.63, 3.8) is 0 Å². The van der Waals surface area contributed by atoms with Crippen molar-refractivity contribution in [3.8, 4) is 11.4 Å². The molecular weight excluding hydrogens is 400 g/mol. The summed E-state index contributed by atoms with van der Waals surface area (Å²) in [5.41, 5.74) is 6.92. The molecule has 0 aliphatic carbocycles. The van der Waals surface area contributed by atoms with Crippen molar-refractivity contribution in [2.24, 2.45) is 5.73 Å². The van der Waals surface area contributed by atoms with Crippen molar-refractivity contribution in [2.75, 3.05) is 0 Å². The first kappa shape index (κ1) is 21.7. The van der Waals surface area contributed by atoms with Crippen molar-refractivity contribution in [2.45, 2.75) is 31.9 Å². The SMILES string of the molecule is NC(=O)[C@H](CC(=O)OCc1ccccc1)NC(=O)CCc1nc(-c2ccccc2)no1. The van der Waals surface area contributed by atoms with Crippen LogP contribution in [0.4, 0.5) is 0 Å². The molecule has 0 unspecified atom stereocenters. The number of amides is 2. The predicted octanol–water partition coefficient (Wildman–Crippen LogP) is 1.77. The molecule has 3 aromatic rings. The van der Waals surface area contributed by atoms with E-state index in [4.69, 9.17) is 15.0 Å². The lowest BCUT2D eigenvalue weighted by Gasteiger charge is -2.14. The maximum absolute atomic E-state index is 12.2. The van der Waals surface area contributed by atoms with Gasteiger partial charge in [0.2, 0.25) is 23.5 Å². The zero-order valence-corrected chi connectivity index (χ0v) is 16.7. The van der Waals surface area contributed by atoms with Crippen LogP contribution in [0.5, 0.6) is 0 Å². The van der Waals surface area contributed by atoms with Gasteiger partial charge in [-0.3, -0.25) is 14.4 Å². The lowest BCUT2D eigenvalue weighted by molar-refractivity contribution is -0.147. The average molecular weight is 422 g/mol. The van der Waals surface area contributed by atoms with Gasteiger partial charge in [-0.15, -0.1) is 0 Å². The Kier molecular flexibility index (Phi) is 7.47. The number of hydrogen-bond acceptors (Lipinski definition) is 7. The summed E-state index contributed by atoms with van der Waals surface area (Å²) in [6.07, 6.45) is -0.193. The summed E-state index contributed by atoms with van der Waals surface area (Å²) in [5.74, 6) is -1.23. The van der Waals surface area contributed by atoms with Gasteiger partial charge >= 0.3 is 5.97 Å². The largest absolute Gasteiger partial charge is 0.461 e. The van der Waals surface area contributed by atoms with Gasteiger partial charge in [0.1, 0.15) is 12.6 Å². The number of carbonyl (C=O) groups excluding carboxylic acids is 3. The molecule has 2 amide bonds. The van der Waals surface area contributed by atoms with Crippen LogP contribution in [0.1, 0.15) is 24.3 Å². The van der Waals surface area contributed by atoms with Gasteiger partial charge in [0.15, 0.2) is 0 Å². The number of nitrogens with two attached hydrogens (primary N) is 1. The van der Waals surface area contributed by atoms with Crippen molar-refractivity contribution in [1.29, 1.82) is 0 Å². The van der Waals surface area contributed by atoms with Crippen LogP contribution < -0.4 is 11.1 Å². The molecule has 0 aliphatic rings. The van der Waals surface area contributed by atoms with Crippen molar-refractivity contribution < 1.29 is 23.6 Å². The molecule has 9 nitrogen and oxygen atoms in total. The Balaban J connectivity index is 1.46. The van der Waals surface area contributed by atoms with E-state index in [1.165, 1.54) is 0 Å². The van der Waals surface area contributed by atoms with Crippen molar-refractivity contribution in [3.05, 3.63) is 72.1 Å². The summed E-state index contributed by atoms with van der Waals surface area (Å²) in [5, 5.41) is 6.34. The highest BCUT2D eigenvalue weighted by atomic mass is 16.5. The van der Waals surface area contributed by atoms with E-state index in [2.05, 4.69) is 15.5 Å². The Labute approximate surface area is 178 Å². The fourth-order valence-corrected chi connectivity index (χ4v) is 2.73. The Hall–Kier alpha value is -4.01. The van der Waals surface area contributed by atoms with Crippen molar-refractivity contribution in [1.82, 2.24) is 15.5 Å². The van der Waals surface area contributed by atoms with E-state index in [0.29, 0.717) is 5.82 Å². The maximum Gasteiger partial charge on any atom is 0.308 e. The number of esters is 1. The summed E-state index contributed by atoms with van der Waals surface area (Å²) in [6.45, 7) is 0.0695. The molecule has 31 heavy (non-hydrogen) atoms. The predicted molar refractivity (Wildman–Crippen MR) is 110 cm³/mol. The Morgan fingerprint density at radius 3 is 2.39 bits per heavy atom. The molecule has 0 spiro atoms. The van der Waals surface area contributed by atoms with Crippen LogP contribution >= 0.6 is 0 Å². The first-order chi connectivity index (χ1) is 15.0. The van der Waals surface area contributed by atoms with Gasteiger partial charge in [0, 0.05) is 18.4 Å². The molecule has 0 fully saturated rings. The molecular formula is C22H22N4O5. The number of carbonyl (C=O) groups is 3. The number of ether oxygens (including phenoxy) is 1. The molecule has 0 aliphatic heterocycles. The molecule has 1 aromatic heterocycles. The maximum atomic E-state index is 12.2. The summed E-state index contributed by atoms with van der Waals surface area (Å²) in [6, 6.07) is 17.2. The second kappa shape index (κ2) is 10.7. The van der Waals surface area contributed by atoms with E-state index >= 15 is 0 Å². The third-order valence-electron chi connectivity index (χ3n) is 4.36. The number of aromatic nitrogens is 2. The highest BCUT2D eigenvalue weighted by Gasteiger charge is 2.23. The summed E-state index contributed by atoms with van der Waals surface area (Å²) >= 11 is 0. The molecule has 0 saturated carbocycles. The third-order valence-corrected chi connectivity index (χ3v) is 4.36. The van der Waals surface area contributed by atoms with E-state index in [1.807, 2.05) is 48.5 Å². The monoisotopic (exact) mass is 422 g/mol. The molecule has 0 saturated heterocycles. The van der Waals surface area contributed by atoms with E-state index < -0.39 is 23.8 Å². The third kappa shape index (κ3) is 6.77. The van der Waals surface area contributed by atoms with Crippen LogP contribution in [-0.2, 0) is 32.1 Å². The van der Waals surface area contributed by atoms with E-state index in [9.17, 15) is 14.4 Å². The van der Waals surface area contributed by atoms with Crippen LogP contribution in [0.15, 0.2) is 65.2 Å². The number of rotatable bonds is 10. The van der Waals surface area contributed by atoms with Crippen molar-refractivity contribution >= 4 is 17.8 Å².